The number of amides is 1. The van der Waals surface area contributed by atoms with Crippen LogP contribution >= 0.6 is 23.8 Å². The minimum atomic E-state index is -0.278. The van der Waals surface area contributed by atoms with Gasteiger partial charge in [-0.2, -0.15) is 0 Å². The molecule has 0 saturated carbocycles. The van der Waals surface area contributed by atoms with Gasteiger partial charge in [0.15, 0.2) is 5.11 Å². The molecule has 2 N–H and O–H groups in total. The van der Waals surface area contributed by atoms with Gasteiger partial charge in [0.2, 0.25) is 0 Å². The van der Waals surface area contributed by atoms with Crippen LogP contribution in [-0.2, 0) is 0 Å². The molecule has 0 aliphatic carbocycles. The highest BCUT2D eigenvalue weighted by molar-refractivity contribution is 7.80. The first-order chi connectivity index (χ1) is 15.0. The molecule has 0 unspecified atom stereocenters. The average molecular weight is 461 g/mol. The molecule has 166 valence electrons. The van der Waals surface area contributed by atoms with E-state index in [4.69, 9.17) is 28.6 Å². The standard InChI is InChI=1S/C23H29ClN4O2S/c1-3-16-30-18-10-8-17(9-11-18)22(29)26-23(31)25-20-7-5-6-19(24)21(20)28-14-12-27(4-2)13-15-28/h5-11H,3-4,12-16H2,1-2H3,(H2,25,26,29,31). The van der Waals surface area contributed by atoms with Gasteiger partial charge in [-0.1, -0.05) is 31.5 Å². The van der Waals surface area contributed by atoms with E-state index in [1.807, 2.05) is 25.1 Å². The predicted octanol–water partition coefficient (Wildman–Crippen LogP) is 4.40. The molecule has 0 bridgehead atoms. The van der Waals surface area contributed by atoms with Crippen molar-refractivity contribution in [2.75, 3.05) is 49.5 Å². The fourth-order valence-electron chi connectivity index (χ4n) is 3.48. The number of thiocarbonyl (C=S) groups is 1. The summed E-state index contributed by atoms with van der Waals surface area (Å²) in [4.78, 5) is 17.2. The molecule has 1 amide bonds. The molecule has 31 heavy (non-hydrogen) atoms. The molecular formula is C23H29ClN4O2S. The normalized spacial score (nSPS) is 14.2. The number of rotatable bonds is 7. The van der Waals surface area contributed by atoms with Gasteiger partial charge in [-0.3, -0.25) is 10.1 Å². The fraction of sp³-hybridized carbons (Fsp3) is 0.391. The topological polar surface area (TPSA) is 56.8 Å². The Morgan fingerprint density at radius 3 is 2.45 bits per heavy atom. The van der Waals surface area contributed by atoms with Gasteiger partial charge in [0.05, 0.1) is 23.0 Å². The molecule has 1 fully saturated rings. The van der Waals surface area contributed by atoms with Gasteiger partial charge in [-0.05, 0) is 61.6 Å². The Morgan fingerprint density at radius 2 is 1.81 bits per heavy atom. The maximum Gasteiger partial charge on any atom is 0.257 e. The van der Waals surface area contributed by atoms with Crippen LogP contribution in [0.3, 0.4) is 0 Å². The molecule has 0 aromatic heterocycles. The van der Waals surface area contributed by atoms with Gasteiger partial charge in [0.25, 0.3) is 5.91 Å². The summed E-state index contributed by atoms with van der Waals surface area (Å²) in [5, 5.41) is 6.78. The number of likely N-dealkylation sites (N-methyl/N-ethyl adjacent to an activating group) is 1. The lowest BCUT2D eigenvalue weighted by atomic mass is 10.2. The SMILES string of the molecule is CCCOc1ccc(C(=O)NC(=S)Nc2cccc(Cl)c2N2CCN(CC)CC2)cc1. The molecule has 2 aromatic rings. The molecule has 1 saturated heterocycles. The number of carbonyl (C=O) groups is 1. The second kappa shape index (κ2) is 11.3. The lowest BCUT2D eigenvalue weighted by Gasteiger charge is -2.37. The molecular weight excluding hydrogens is 432 g/mol. The Bertz CT molecular complexity index is 899. The maximum atomic E-state index is 12.6. The van der Waals surface area contributed by atoms with Crippen LogP contribution in [0, 0.1) is 0 Å². The number of ether oxygens (including phenoxy) is 1. The first-order valence-electron chi connectivity index (χ1n) is 10.6. The van der Waals surface area contributed by atoms with Crippen LogP contribution in [0.1, 0.15) is 30.6 Å². The third-order valence-corrected chi connectivity index (χ3v) is 5.70. The molecule has 2 aromatic carbocycles. The van der Waals surface area contributed by atoms with Gasteiger partial charge >= 0.3 is 0 Å². The monoisotopic (exact) mass is 460 g/mol. The van der Waals surface area contributed by atoms with Crippen molar-refractivity contribution in [3.8, 4) is 5.75 Å². The number of carbonyl (C=O) groups excluding carboxylic acids is 1. The van der Waals surface area contributed by atoms with E-state index >= 15 is 0 Å². The Labute approximate surface area is 194 Å². The summed E-state index contributed by atoms with van der Waals surface area (Å²) < 4.78 is 5.56. The van der Waals surface area contributed by atoms with Gasteiger partial charge in [0.1, 0.15) is 5.75 Å². The van der Waals surface area contributed by atoms with Crippen LogP contribution in [0.15, 0.2) is 42.5 Å². The van der Waals surface area contributed by atoms with Gasteiger partial charge < -0.3 is 19.9 Å². The number of halogens is 1. The van der Waals surface area contributed by atoms with Crippen LogP contribution in [0.4, 0.5) is 11.4 Å². The van der Waals surface area contributed by atoms with Crippen molar-refractivity contribution < 1.29 is 9.53 Å². The molecule has 1 heterocycles. The fourth-order valence-corrected chi connectivity index (χ4v) is 3.97. The largest absolute Gasteiger partial charge is 0.494 e. The summed E-state index contributed by atoms with van der Waals surface area (Å²) >= 11 is 11.9. The zero-order chi connectivity index (χ0) is 22.2. The first kappa shape index (κ1) is 23.3. The lowest BCUT2D eigenvalue weighted by molar-refractivity contribution is 0.0977. The molecule has 0 radical (unpaired) electrons. The van der Waals surface area contributed by atoms with Gasteiger partial charge in [-0.25, -0.2) is 0 Å². The Balaban J connectivity index is 1.64. The number of hydrogen-bond acceptors (Lipinski definition) is 5. The van der Waals surface area contributed by atoms with Crippen LogP contribution < -0.4 is 20.3 Å². The lowest BCUT2D eigenvalue weighted by Crippen LogP contribution is -2.46. The van der Waals surface area contributed by atoms with Crippen molar-refractivity contribution in [2.24, 2.45) is 0 Å². The van der Waals surface area contributed by atoms with Gasteiger partial charge in [-0.15, -0.1) is 0 Å². The number of benzene rings is 2. The van der Waals surface area contributed by atoms with Crippen LogP contribution in [0.2, 0.25) is 5.02 Å². The summed E-state index contributed by atoms with van der Waals surface area (Å²) in [5.74, 6) is 0.463. The second-order valence-electron chi connectivity index (χ2n) is 7.34. The number of hydrogen-bond donors (Lipinski definition) is 2. The third-order valence-electron chi connectivity index (χ3n) is 5.19. The van der Waals surface area contributed by atoms with E-state index in [-0.39, 0.29) is 11.0 Å². The van der Waals surface area contributed by atoms with E-state index in [9.17, 15) is 4.79 Å². The van der Waals surface area contributed by atoms with Crippen molar-refractivity contribution >= 4 is 46.2 Å². The van der Waals surface area contributed by atoms with Crippen molar-refractivity contribution in [3.63, 3.8) is 0 Å². The Morgan fingerprint density at radius 1 is 1.10 bits per heavy atom. The summed E-state index contributed by atoms with van der Waals surface area (Å²) in [6.07, 6.45) is 0.932. The molecule has 0 atom stereocenters. The van der Waals surface area contributed by atoms with Crippen LogP contribution in [0.25, 0.3) is 0 Å². The van der Waals surface area contributed by atoms with Crippen molar-refractivity contribution in [3.05, 3.63) is 53.1 Å². The predicted molar refractivity (Wildman–Crippen MR) is 132 cm³/mol. The maximum absolute atomic E-state index is 12.6. The van der Waals surface area contributed by atoms with E-state index < -0.39 is 0 Å². The summed E-state index contributed by atoms with van der Waals surface area (Å²) in [6, 6.07) is 12.7. The number of nitrogens with one attached hydrogen (secondary N) is 2. The van der Waals surface area contributed by atoms with E-state index in [1.54, 1.807) is 24.3 Å². The summed E-state index contributed by atoms with van der Waals surface area (Å²) in [5.41, 5.74) is 2.20. The summed E-state index contributed by atoms with van der Waals surface area (Å²) in [7, 11) is 0. The van der Waals surface area contributed by atoms with Crippen LogP contribution in [0.5, 0.6) is 5.75 Å². The minimum absolute atomic E-state index is 0.229. The van der Waals surface area contributed by atoms with E-state index in [1.165, 1.54) is 0 Å². The van der Waals surface area contributed by atoms with E-state index in [2.05, 4.69) is 27.4 Å². The van der Waals surface area contributed by atoms with Gasteiger partial charge in [0, 0.05) is 31.7 Å². The van der Waals surface area contributed by atoms with E-state index in [0.717, 1.165) is 56.3 Å². The molecule has 0 spiro atoms. The molecule has 8 heteroatoms. The summed E-state index contributed by atoms with van der Waals surface area (Å²) in [6.45, 7) is 9.66. The molecule has 1 aliphatic heterocycles. The highest BCUT2D eigenvalue weighted by atomic mass is 35.5. The highest BCUT2D eigenvalue weighted by Gasteiger charge is 2.21. The number of piperazine rings is 1. The number of anilines is 2. The number of para-hydroxylation sites is 1. The quantitative estimate of drug-likeness (QED) is 0.597. The zero-order valence-electron chi connectivity index (χ0n) is 18.0. The van der Waals surface area contributed by atoms with Crippen molar-refractivity contribution in [1.82, 2.24) is 10.2 Å². The van der Waals surface area contributed by atoms with Crippen molar-refractivity contribution in [1.29, 1.82) is 0 Å². The van der Waals surface area contributed by atoms with E-state index in [0.29, 0.717) is 17.2 Å². The smallest absolute Gasteiger partial charge is 0.257 e. The molecule has 3 rings (SSSR count). The third kappa shape index (κ3) is 6.32. The Kier molecular flexibility index (Phi) is 8.51. The Hall–Kier alpha value is -2.35. The minimum Gasteiger partial charge on any atom is -0.494 e. The van der Waals surface area contributed by atoms with Crippen LogP contribution in [-0.4, -0.2) is 55.3 Å². The first-order valence-corrected chi connectivity index (χ1v) is 11.4. The highest BCUT2D eigenvalue weighted by Crippen LogP contribution is 2.34. The molecule has 6 nitrogen and oxygen atoms in total. The number of nitrogens with zero attached hydrogens (tertiary/aromatic N) is 2. The second-order valence-corrected chi connectivity index (χ2v) is 8.15. The molecule has 1 aliphatic rings. The van der Waals surface area contributed by atoms with Crippen molar-refractivity contribution in [2.45, 2.75) is 20.3 Å². The zero-order valence-corrected chi connectivity index (χ0v) is 19.6. The average Bonchev–Trinajstić information content (AvgIpc) is 2.78.